The number of carboxylic acids is 1. The molecular formula is C91H172NO8+. The summed E-state index contributed by atoms with van der Waals surface area (Å²) in [4.78, 5) is 37.8. The van der Waals surface area contributed by atoms with Crippen LogP contribution in [0.15, 0.2) is 48.6 Å². The summed E-state index contributed by atoms with van der Waals surface area (Å²) in [6, 6.07) is 0. The Kier molecular flexibility index (Phi) is 79.7. The molecule has 0 aliphatic carbocycles. The van der Waals surface area contributed by atoms with Gasteiger partial charge in [-0.2, -0.15) is 0 Å². The van der Waals surface area contributed by atoms with E-state index >= 15 is 0 Å². The number of nitrogens with zero attached hydrogens (tertiary/aromatic N) is 1. The van der Waals surface area contributed by atoms with Gasteiger partial charge in [-0.15, -0.1) is 0 Å². The van der Waals surface area contributed by atoms with E-state index in [1.807, 2.05) is 21.1 Å². The molecular weight excluding hydrogens is 1230 g/mol. The molecule has 0 saturated heterocycles. The fourth-order valence-electron chi connectivity index (χ4n) is 13.7. The number of quaternary nitrogens is 1. The van der Waals surface area contributed by atoms with Crippen LogP contribution < -0.4 is 0 Å². The first-order valence-corrected chi connectivity index (χ1v) is 44.3. The molecule has 0 aromatic carbocycles. The number of hydrogen-bond acceptors (Lipinski definition) is 7. The Morgan fingerprint density at radius 2 is 0.570 bits per heavy atom. The second-order valence-corrected chi connectivity index (χ2v) is 31.5. The van der Waals surface area contributed by atoms with Crippen LogP contribution in [0, 0.1) is 0 Å². The van der Waals surface area contributed by atoms with Gasteiger partial charge >= 0.3 is 17.9 Å². The van der Waals surface area contributed by atoms with Gasteiger partial charge in [-0.1, -0.05) is 441 Å². The molecule has 0 saturated carbocycles. The van der Waals surface area contributed by atoms with E-state index in [1.54, 1.807) is 0 Å². The number of likely N-dealkylation sites (N-methyl/N-ethyl adjacent to an activating group) is 1. The van der Waals surface area contributed by atoms with E-state index in [1.165, 1.54) is 366 Å². The van der Waals surface area contributed by atoms with E-state index in [0.29, 0.717) is 17.4 Å². The zero-order chi connectivity index (χ0) is 72.5. The number of unbranched alkanes of at least 4 members (excludes halogenated alkanes) is 61. The number of aliphatic carboxylic acids is 1. The number of ether oxygens (including phenoxy) is 4. The zero-order valence-electron chi connectivity index (χ0n) is 67.6. The van der Waals surface area contributed by atoms with Crippen LogP contribution >= 0.6 is 0 Å². The van der Waals surface area contributed by atoms with Gasteiger partial charge in [0.25, 0.3) is 6.29 Å². The lowest BCUT2D eigenvalue weighted by Gasteiger charge is -2.25. The van der Waals surface area contributed by atoms with Crippen LogP contribution in [0.25, 0.3) is 0 Å². The smallest absolute Gasteiger partial charge is 0.361 e. The van der Waals surface area contributed by atoms with Gasteiger partial charge in [0, 0.05) is 12.8 Å². The van der Waals surface area contributed by atoms with Crippen LogP contribution in [0.5, 0.6) is 0 Å². The summed E-state index contributed by atoms with van der Waals surface area (Å²) in [5, 5.41) is 9.79. The number of carbonyl (C=O) groups is 3. The summed E-state index contributed by atoms with van der Waals surface area (Å²) < 4.78 is 23.1. The van der Waals surface area contributed by atoms with Crippen LogP contribution in [0.1, 0.15) is 457 Å². The maximum Gasteiger partial charge on any atom is 0.361 e. The Hall–Kier alpha value is -2.75. The van der Waals surface area contributed by atoms with Crippen molar-refractivity contribution in [2.45, 2.75) is 469 Å². The summed E-state index contributed by atoms with van der Waals surface area (Å²) in [6.45, 7) is 4.85. The molecule has 0 aliphatic rings. The van der Waals surface area contributed by atoms with Gasteiger partial charge < -0.3 is 28.5 Å². The van der Waals surface area contributed by atoms with Crippen molar-refractivity contribution < 1.29 is 42.9 Å². The maximum absolute atomic E-state index is 13.0. The third kappa shape index (κ3) is 82.5. The number of allylic oxidation sites excluding steroid dienone is 8. The first-order chi connectivity index (χ1) is 49.1. The third-order valence-corrected chi connectivity index (χ3v) is 20.3. The molecule has 0 aromatic rings. The van der Waals surface area contributed by atoms with E-state index in [0.717, 1.165) is 64.2 Å². The van der Waals surface area contributed by atoms with Crippen LogP contribution in [-0.2, 0) is 33.3 Å². The average Bonchev–Trinajstić information content (AvgIpc) is 1.67. The van der Waals surface area contributed by atoms with Crippen LogP contribution in [0.2, 0.25) is 0 Å². The Bertz CT molecular complexity index is 1790. The largest absolute Gasteiger partial charge is 0.477 e. The predicted octanol–water partition coefficient (Wildman–Crippen LogP) is 28.8. The molecule has 0 amide bonds. The van der Waals surface area contributed by atoms with Gasteiger partial charge in [0.2, 0.25) is 0 Å². The minimum atomic E-state index is -1.51. The van der Waals surface area contributed by atoms with E-state index in [2.05, 4.69) is 62.5 Å². The molecule has 1 N–H and O–H groups in total. The van der Waals surface area contributed by atoms with Crippen LogP contribution in [0.4, 0.5) is 0 Å². The number of rotatable bonds is 84. The first kappa shape index (κ1) is 97.2. The Labute approximate surface area is 623 Å². The summed E-state index contributed by atoms with van der Waals surface area (Å²) in [7, 11) is 6.00. The lowest BCUT2D eigenvalue weighted by molar-refractivity contribution is -0.870. The highest BCUT2D eigenvalue weighted by Crippen LogP contribution is 2.21. The normalized spacial score (nSPS) is 12.8. The maximum atomic E-state index is 13.0. The lowest BCUT2D eigenvalue weighted by Crippen LogP contribution is -2.40. The Morgan fingerprint density at radius 1 is 0.310 bits per heavy atom. The summed E-state index contributed by atoms with van der Waals surface area (Å²) in [5.74, 6) is -1.97. The molecule has 588 valence electrons. The van der Waals surface area contributed by atoms with Crippen molar-refractivity contribution in [3.05, 3.63) is 48.6 Å². The minimum absolute atomic E-state index is 0.175. The molecule has 0 spiro atoms. The number of hydrogen-bond donors (Lipinski definition) is 1. The number of esters is 2. The summed E-state index contributed by atoms with van der Waals surface area (Å²) in [5.41, 5.74) is 0. The van der Waals surface area contributed by atoms with E-state index < -0.39 is 18.4 Å². The molecule has 0 aromatic heterocycles. The Balaban J connectivity index is 3.89. The zero-order valence-corrected chi connectivity index (χ0v) is 67.6. The van der Waals surface area contributed by atoms with E-state index in [-0.39, 0.29) is 38.2 Å². The topological polar surface area (TPSA) is 108 Å². The molecule has 0 radical (unpaired) electrons. The van der Waals surface area contributed by atoms with Crippen LogP contribution in [-0.4, -0.2) is 87.4 Å². The predicted molar refractivity (Wildman–Crippen MR) is 434 cm³/mol. The minimum Gasteiger partial charge on any atom is -0.477 e. The molecule has 2 atom stereocenters. The van der Waals surface area contributed by atoms with Crippen molar-refractivity contribution >= 4 is 17.9 Å². The van der Waals surface area contributed by atoms with E-state index in [4.69, 9.17) is 18.9 Å². The molecule has 100 heavy (non-hydrogen) atoms. The summed E-state index contributed by atoms with van der Waals surface area (Å²) in [6.07, 6.45) is 106. The second kappa shape index (κ2) is 81.9. The second-order valence-electron chi connectivity index (χ2n) is 31.5. The average molecular weight is 1410 g/mol. The van der Waals surface area contributed by atoms with Crippen molar-refractivity contribution in [2.24, 2.45) is 0 Å². The molecule has 2 unspecified atom stereocenters. The number of carboxylic acid groups (broad SMARTS) is 1. The molecule has 0 heterocycles. The highest BCUT2D eigenvalue weighted by atomic mass is 16.7. The number of carbonyl (C=O) groups excluding carboxylic acids is 2. The van der Waals surface area contributed by atoms with Crippen molar-refractivity contribution in [2.75, 3.05) is 47.5 Å². The van der Waals surface area contributed by atoms with Crippen molar-refractivity contribution in [3.63, 3.8) is 0 Å². The van der Waals surface area contributed by atoms with Gasteiger partial charge in [-0.25, -0.2) is 4.79 Å². The standard InChI is InChI=1S/C91H171NO8/c1-6-8-10-12-14-16-18-20-22-24-26-28-30-32-34-36-38-40-42-43-44-45-46-48-49-51-53-55-57-59-61-63-65-67-69-71-73-75-77-79-81-88(93)98-85-87(86-99-91(90(95)96)97-84-83-92(3,4)5)100-89(94)82-80-78-76-74-72-70-68-66-64-62-60-58-56-54-52-50-47-41-39-37-35-33-31-29-27-25-23-21-19-17-15-13-11-9-7-2/h9,11,15,17,21,23,27,29,87,91H,6-8,10,12-14,16,18-20,22,24-26,28,30-86H2,1-5H3/p+1/b11-9-,17-15-,23-21-,29-27-. The fourth-order valence-corrected chi connectivity index (χ4v) is 13.7. The molecule has 0 fully saturated rings. The SMILES string of the molecule is CC/C=C\C/C=C\C/C=C\C/C=C\CCCCCCCCCCCCCCCCCCCCCCCCC(=O)OC(COC(=O)CCCCCCCCCCCCCCCCCCCCCCCCCCCCCCCCCCCCCCCCCC)COC(OCC[N+](C)(C)C)C(=O)O. The third-order valence-electron chi connectivity index (χ3n) is 20.3. The van der Waals surface area contributed by atoms with Crippen molar-refractivity contribution in [1.82, 2.24) is 0 Å². The lowest BCUT2D eigenvalue weighted by atomic mass is 10.0. The van der Waals surface area contributed by atoms with Crippen LogP contribution in [0.3, 0.4) is 0 Å². The fraction of sp³-hybridized carbons (Fsp3) is 0.879. The Morgan fingerprint density at radius 3 is 0.850 bits per heavy atom. The first-order valence-electron chi connectivity index (χ1n) is 44.3. The van der Waals surface area contributed by atoms with Gasteiger partial charge in [0.15, 0.2) is 6.10 Å². The molecule has 9 nitrogen and oxygen atoms in total. The summed E-state index contributed by atoms with van der Waals surface area (Å²) >= 11 is 0. The molecule has 0 aliphatic heterocycles. The van der Waals surface area contributed by atoms with Crippen molar-refractivity contribution in [3.8, 4) is 0 Å². The highest BCUT2D eigenvalue weighted by Gasteiger charge is 2.25. The monoisotopic (exact) mass is 1410 g/mol. The quantitative estimate of drug-likeness (QED) is 0.0211. The van der Waals surface area contributed by atoms with Gasteiger partial charge in [-0.3, -0.25) is 9.59 Å². The van der Waals surface area contributed by atoms with E-state index in [9.17, 15) is 19.5 Å². The molecule has 9 heteroatoms. The van der Waals surface area contributed by atoms with Gasteiger partial charge in [-0.05, 0) is 51.4 Å². The van der Waals surface area contributed by atoms with Crippen molar-refractivity contribution in [1.29, 1.82) is 0 Å². The highest BCUT2D eigenvalue weighted by molar-refractivity contribution is 5.71. The molecule has 0 bridgehead atoms. The van der Waals surface area contributed by atoms with Gasteiger partial charge in [0.05, 0.1) is 34.4 Å². The molecule has 0 rings (SSSR count). The van der Waals surface area contributed by atoms with Gasteiger partial charge in [0.1, 0.15) is 13.2 Å².